The highest BCUT2D eigenvalue weighted by Gasteiger charge is 2.25. The van der Waals surface area contributed by atoms with E-state index in [1.807, 2.05) is 0 Å². The van der Waals surface area contributed by atoms with E-state index in [1.165, 1.54) is 27.3 Å². The van der Waals surface area contributed by atoms with Crippen molar-refractivity contribution in [2.24, 2.45) is 14.1 Å². The summed E-state index contributed by atoms with van der Waals surface area (Å²) in [6.07, 6.45) is 3.26. The molecular weight excluding hydrogens is 521 g/mol. The lowest BCUT2D eigenvalue weighted by atomic mass is 9.98. The molecule has 0 atom stereocenters. The van der Waals surface area contributed by atoms with Gasteiger partial charge in [-0.2, -0.15) is 0 Å². The largest absolute Gasteiger partial charge is 0.480 e. The van der Waals surface area contributed by atoms with Gasteiger partial charge >= 0.3 is 5.69 Å². The van der Waals surface area contributed by atoms with Gasteiger partial charge in [-0.3, -0.25) is 23.9 Å². The quantitative estimate of drug-likeness (QED) is 0.371. The molecule has 1 aromatic carbocycles. The first kappa shape index (κ1) is 25.8. The van der Waals surface area contributed by atoms with E-state index in [4.69, 9.17) is 27.9 Å². The Balaban J connectivity index is 1.87. The monoisotopic (exact) mass is 539 g/mol. The minimum Gasteiger partial charge on any atom is -0.480 e. The molecule has 1 N–H and O–H groups in total. The lowest BCUT2D eigenvalue weighted by Crippen LogP contribution is -2.40. The van der Waals surface area contributed by atoms with Crippen LogP contribution in [0.25, 0.3) is 22.5 Å². The lowest BCUT2D eigenvalue weighted by molar-refractivity contribution is 0.102. The second-order valence-electron chi connectivity index (χ2n) is 7.83. The van der Waals surface area contributed by atoms with Gasteiger partial charge in [0.15, 0.2) is 6.29 Å². The molecule has 0 aliphatic heterocycles. The molecule has 0 bridgehead atoms. The highest BCUT2D eigenvalue weighted by Crippen LogP contribution is 2.44. The third-order valence-corrected chi connectivity index (χ3v) is 6.34. The van der Waals surface area contributed by atoms with Gasteiger partial charge in [-0.25, -0.2) is 9.78 Å². The number of aldehydes is 1. The van der Waals surface area contributed by atoms with Gasteiger partial charge in [0, 0.05) is 37.6 Å². The van der Waals surface area contributed by atoms with Crippen LogP contribution in [0.3, 0.4) is 0 Å². The Labute approximate surface area is 220 Å². The van der Waals surface area contributed by atoms with Crippen molar-refractivity contribution < 1.29 is 14.3 Å². The van der Waals surface area contributed by atoms with Gasteiger partial charge in [0.05, 0.1) is 34.1 Å². The molecule has 0 fully saturated rings. The Morgan fingerprint density at radius 3 is 2.49 bits per heavy atom. The molecule has 188 valence electrons. The molecule has 3 heterocycles. The summed E-state index contributed by atoms with van der Waals surface area (Å²) < 4.78 is 7.29. The summed E-state index contributed by atoms with van der Waals surface area (Å²) in [5, 5.41) is 2.73. The first-order chi connectivity index (χ1) is 17.7. The van der Waals surface area contributed by atoms with Crippen molar-refractivity contribution >= 4 is 41.1 Å². The average Bonchev–Trinajstić information content (AvgIpc) is 2.91. The molecule has 0 saturated heterocycles. The maximum atomic E-state index is 13.0. The van der Waals surface area contributed by atoms with Crippen molar-refractivity contribution in [1.82, 2.24) is 19.1 Å². The Morgan fingerprint density at radius 2 is 1.84 bits per heavy atom. The third-order valence-electron chi connectivity index (χ3n) is 5.57. The number of aryl methyl sites for hydroxylation is 1. The Kier molecular flexibility index (Phi) is 7.23. The van der Waals surface area contributed by atoms with Crippen LogP contribution in [-0.2, 0) is 14.1 Å². The molecule has 0 saturated carbocycles. The predicted molar refractivity (Wildman–Crippen MR) is 140 cm³/mol. The molecule has 10 nitrogen and oxygen atoms in total. The van der Waals surface area contributed by atoms with Crippen LogP contribution in [0.15, 0.2) is 58.4 Å². The van der Waals surface area contributed by atoms with Crippen LogP contribution < -0.4 is 21.3 Å². The first-order valence-electron chi connectivity index (χ1n) is 10.7. The predicted octanol–water partition coefficient (Wildman–Crippen LogP) is 3.59. The summed E-state index contributed by atoms with van der Waals surface area (Å²) in [6.45, 7) is 0. The smallest absolute Gasteiger partial charge is 0.330 e. The second-order valence-corrected chi connectivity index (χ2v) is 8.58. The zero-order valence-electron chi connectivity index (χ0n) is 19.8. The molecule has 0 spiro atoms. The lowest BCUT2D eigenvalue weighted by Gasteiger charge is -2.17. The third kappa shape index (κ3) is 4.64. The molecule has 0 unspecified atom stereocenters. The first-order valence-corrected chi connectivity index (χ1v) is 11.5. The highest BCUT2D eigenvalue weighted by molar-refractivity contribution is 6.40. The van der Waals surface area contributed by atoms with Crippen molar-refractivity contribution in [3.8, 4) is 28.4 Å². The van der Waals surface area contributed by atoms with Gasteiger partial charge in [0.1, 0.15) is 11.3 Å². The number of aromatic nitrogens is 4. The van der Waals surface area contributed by atoms with Gasteiger partial charge in [0.25, 0.3) is 11.5 Å². The average molecular weight is 540 g/mol. The van der Waals surface area contributed by atoms with Crippen LogP contribution in [0.5, 0.6) is 5.88 Å². The van der Waals surface area contributed by atoms with Crippen LogP contribution in [0, 0.1) is 0 Å². The fourth-order valence-corrected chi connectivity index (χ4v) is 4.34. The van der Waals surface area contributed by atoms with E-state index in [1.54, 1.807) is 36.5 Å². The molecule has 4 aromatic rings. The topological polar surface area (TPSA) is 125 Å². The van der Waals surface area contributed by atoms with E-state index in [-0.39, 0.29) is 44.0 Å². The normalized spacial score (nSPS) is 10.7. The Bertz CT molecular complexity index is 1670. The van der Waals surface area contributed by atoms with E-state index < -0.39 is 17.2 Å². The summed E-state index contributed by atoms with van der Waals surface area (Å²) in [5.41, 5.74) is -0.185. The molecule has 0 aliphatic carbocycles. The van der Waals surface area contributed by atoms with Gasteiger partial charge in [-0.05, 0) is 18.2 Å². The molecule has 37 heavy (non-hydrogen) atoms. The number of halogens is 2. The van der Waals surface area contributed by atoms with E-state index in [0.717, 1.165) is 15.3 Å². The summed E-state index contributed by atoms with van der Waals surface area (Å²) in [5.74, 6) is -0.771. The highest BCUT2D eigenvalue weighted by atomic mass is 35.5. The fraction of sp³-hybridized carbons (Fsp3) is 0.120. The van der Waals surface area contributed by atoms with Crippen LogP contribution in [0.1, 0.15) is 20.7 Å². The number of nitrogens with zero attached hydrogens (tertiary/aromatic N) is 4. The molecule has 0 aliphatic rings. The molecule has 4 rings (SSSR count). The Morgan fingerprint density at radius 1 is 1.08 bits per heavy atom. The van der Waals surface area contributed by atoms with Gasteiger partial charge < -0.3 is 14.6 Å². The fourth-order valence-electron chi connectivity index (χ4n) is 3.73. The minimum absolute atomic E-state index is 0.00857. The number of hydrogen-bond donors (Lipinski definition) is 1. The number of rotatable bonds is 6. The second kappa shape index (κ2) is 10.4. The number of amides is 1. The number of carbonyl (C=O) groups excluding carboxylic acids is 2. The summed E-state index contributed by atoms with van der Waals surface area (Å²) in [4.78, 5) is 58.2. The van der Waals surface area contributed by atoms with Gasteiger partial charge in [0.2, 0.25) is 5.88 Å². The Hall–Kier alpha value is -4.28. The van der Waals surface area contributed by atoms with Crippen molar-refractivity contribution in [3.05, 3.63) is 90.8 Å². The van der Waals surface area contributed by atoms with Crippen LogP contribution >= 0.6 is 23.2 Å². The summed E-state index contributed by atoms with van der Waals surface area (Å²) in [7, 11) is 4.06. The molecule has 1 amide bonds. The molecular formula is C25H19Cl2N5O5. The standard InChI is InChI=1S/C25H19Cl2N5O5/c1-31-11-14(24(35)32(2)25(31)36)22(34)29-16-9-6-7-13(19(16)26)18-15(12-33)23(37-3)30-21(20(18)27)17-8-4-5-10-28-17/h4-12H,1-3H3,(H,29,34). The maximum absolute atomic E-state index is 13.0. The molecule has 12 heteroatoms. The molecule has 3 aromatic heterocycles. The maximum Gasteiger partial charge on any atom is 0.330 e. The summed E-state index contributed by atoms with van der Waals surface area (Å²) in [6, 6.07) is 9.91. The number of anilines is 1. The zero-order valence-corrected chi connectivity index (χ0v) is 21.3. The van der Waals surface area contributed by atoms with E-state index in [9.17, 15) is 19.2 Å². The number of nitrogens with one attached hydrogen (secondary N) is 1. The number of methoxy groups -OCH3 is 1. The van der Waals surface area contributed by atoms with Crippen molar-refractivity contribution in [1.29, 1.82) is 0 Å². The van der Waals surface area contributed by atoms with E-state index in [0.29, 0.717) is 17.5 Å². The van der Waals surface area contributed by atoms with Crippen LogP contribution in [0.2, 0.25) is 10.0 Å². The van der Waals surface area contributed by atoms with E-state index in [2.05, 4.69) is 15.3 Å². The number of ether oxygens (including phenoxy) is 1. The van der Waals surface area contributed by atoms with Crippen molar-refractivity contribution in [3.63, 3.8) is 0 Å². The van der Waals surface area contributed by atoms with Crippen molar-refractivity contribution in [2.75, 3.05) is 12.4 Å². The van der Waals surface area contributed by atoms with E-state index >= 15 is 0 Å². The summed E-state index contributed by atoms with van der Waals surface area (Å²) >= 11 is 13.4. The zero-order chi connectivity index (χ0) is 26.9. The van der Waals surface area contributed by atoms with Gasteiger partial charge in [-0.1, -0.05) is 41.4 Å². The SMILES string of the molecule is COc1nc(-c2ccccn2)c(Cl)c(-c2cccc(NC(=O)c3cn(C)c(=O)n(C)c3=O)c2Cl)c1C=O. The number of carbonyl (C=O) groups is 2. The van der Waals surface area contributed by atoms with Gasteiger partial charge in [-0.15, -0.1) is 0 Å². The minimum atomic E-state index is -0.779. The van der Waals surface area contributed by atoms with Crippen LogP contribution in [0.4, 0.5) is 5.69 Å². The number of hydrogen-bond acceptors (Lipinski definition) is 7. The number of pyridine rings is 2. The molecule has 0 radical (unpaired) electrons. The number of benzene rings is 1. The van der Waals surface area contributed by atoms with Crippen LogP contribution in [-0.4, -0.2) is 38.4 Å². The van der Waals surface area contributed by atoms with Crippen molar-refractivity contribution in [2.45, 2.75) is 0 Å².